The number of hydrogen-bond donors (Lipinski definition) is 2. The minimum atomic E-state index is 0.231. The summed E-state index contributed by atoms with van der Waals surface area (Å²) < 4.78 is 2.03. The first-order valence-corrected chi connectivity index (χ1v) is 7.08. The number of anilines is 2. The van der Waals surface area contributed by atoms with E-state index in [4.69, 9.17) is 10.8 Å². The number of aliphatic hydroxyl groups excluding tert-OH is 1. The number of aliphatic hydroxyl groups is 1. The van der Waals surface area contributed by atoms with Crippen LogP contribution in [-0.4, -0.2) is 59.1 Å². The Bertz CT molecular complexity index is 409. The highest BCUT2D eigenvalue weighted by atomic mass is 16.3. The fourth-order valence-corrected chi connectivity index (χ4v) is 2.61. The summed E-state index contributed by atoms with van der Waals surface area (Å²) in [6.45, 7) is 9.84. The van der Waals surface area contributed by atoms with Crippen LogP contribution in [-0.2, 0) is 6.54 Å². The van der Waals surface area contributed by atoms with Gasteiger partial charge in [-0.05, 0) is 13.3 Å². The molecule has 0 spiro atoms. The topological polar surface area (TPSA) is 70.6 Å². The lowest BCUT2D eigenvalue weighted by atomic mass is 10.3. The summed E-state index contributed by atoms with van der Waals surface area (Å²) in [5, 5.41) is 13.5. The number of piperazine rings is 1. The van der Waals surface area contributed by atoms with E-state index in [1.165, 1.54) is 0 Å². The molecule has 2 heterocycles. The molecule has 0 radical (unpaired) electrons. The van der Waals surface area contributed by atoms with Crippen LogP contribution in [0.5, 0.6) is 0 Å². The van der Waals surface area contributed by atoms with Crippen LogP contribution in [0.25, 0.3) is 0 Å². The maximum atomic E-state index is 8.97. The highest BCUT2D eigenvalue weighted by Crippen LogP contribution is 2.27. The second-order valence-corrected chi connectivity index (χ2v) is 5.10. The van der Waals surface area contributed by atoms with Crippen molar-refractivity contribution in [3.8, 4) is 0 Å². The van der Waals surface area contributed by atoms with Gasteiger partial charge in [0, 0.05) is 39.3 Å². The first-order chi connectivity index (χ1) is 9.17. The lowest BCUT2D eigenvalue weighted by Crippen LogP contribution is -2.48. The molecule has 19 heavy (non-hydrogen) atoms. The van der Waals surface area contributed by atoms with E-state index in [9.17, 15) is 0 Å². The molecule has 0 unspecified atom stereocenters. The molecule has 6 heteroatoms. The second-order valence-electron chi connectivity index (χ2n) is 5.10. The number of aryl methyl sites for hydroxylation is 2. The number of nitrogens with two attached hydrogens (primary N) is 1. The first kappa shape index (κ1) is 14.1. The molecule has 0 aromatic carbocycles. The molecule has 3 N–H and O–H groups in total. The number of hydrogen-bond acceptors (Lipinski definition) is 5. The summed E-state index contributed by atoms with van der Waals surface area (Å²) in [7, 11) is 0. The summed E-state index contributed by atoms with van der Waals surface area (Å²) in [4.78, 5) is 4.60. The predicted octanol–water partition coefficient (Wildman–Crippen LogP) is 0.298. The zero-order valence-corrected chi connectivity index (χ0v) is 12.0. The van der Waals surface area contributed by atoms with Crippen LogP contribution < -0.4 is 10.6 Å². The van der Waals surface area contributed by atoms with E-state index in [0.29, 0.717) is 0 Å². The van der Waals surface area contributed by atoms with E-state index in [1.54, 1.807) is 0 Å². The molecular weight excluding hydrogens is 242 g/mol. The van der Waals surface area contributed by atoms with Crippen LogP contribution in [0.4, 0.5) is 11.5 Å². The van der Waals surface area contributed by atoms with Gasteiger partial charge in [-0.25, -0.2) is 4.68 Å². The van der Waals surface area contributed by atoms with E-state index in [0.717, 1.165) is 62.9 Å². The maximum absolute atomic E-state index is 8.97. The van der Waals surface area contributed by atoms with Crippen LogP contribution in [0.15, 0.2) is 0 Å². The molecule has 1 fully saturated rings. The van der Waals surface area contributed by atoms with Crippen LogP contribution in [0.3, 0.4) is 0 Å². The average molecular weight is 267 g/mol. The van der Waals surface area contributed by atoms with E-state index in [1.807, 2.05) is 11.6 Å². The number of aromatic nitrogens is 2. The number of nitrogen functional groups attached to an aromatic ring is 1. The van der Waals surface area contributed by atoms with Crippen molar-refractivity contribution in [3.63, 3.8) is 0 Å². The number of nitrogens with zero attached hydrogens (tertiary/aromatic N) is 4. The lowest BCUT2D eigenvalue weighted by Gasteiger charge is -2.36. The third-order valence-electron chi connectivity index (χ3n) is 3.67. The van der Waals surface area contributed by atoms with Crippen LogP contribution in [0, 0.1) is 6.92 Å². The van der Waals surface area contributed by atoms with Crippen molar-refractivity contribution in [1.82, 2.24) is 14.7 Å². The summed E-state index contributed by atoms with van der Waals surface area (Å²) in [6, 6.07) is 0. The summed E-state index contributed by atoms with van der Waals surface area (Å²) >= 11 is 0. The van der Waals surface area contributed by atoms with Gasteiger partial charge >= 0.3 is 0 Å². The number of β-amino-alcohol motifs (C(OH)–C–C–N with tert-alkyl or cyclic N) is 1. The molecule has 0 saturated carbocycles. The molecule has 1 aromatic heterocycles. The molecule has 1 saturated heterocycles. The van der Waals surface area contributed by atoms with Crippen molar-refractivity contribution in [1.29, 1.82) is 0 Å². The van der Waals surface area contributed by atoms with Crippen LogP contribution in [0.1, 0.15) is 19.0 Å². The molecule has 0 amide bonds. The maximum Gasteiger partial charge on any atom is 0.150 e. The molecule has 1 aliphatic rings. The quantitative estimate of drug-likeness (QED) is 0.803. The van der Waals surface area contributed by atoms with Gasteiger partial charge in [-0.15, -0.1) is 0 Å². The Hall–Kier alpha value is -1.27. The Kier molecular flexibility index (Phi) is 4.66. The van der Waals surface area contributed by atoms with E-state index in [2.05, 4.69) is 21.8 Å². The highest BCUT2D eigenvalue weighted by Gasteiger charge is 2.23. The highest BCUT2D eigenvalue weighted by molar-refractivity contribution is 5.66. The molecule has 1 aromatic rings. The molecule has 2 rings (SSSR count). The Morgan fingerprint density at radius 3 is 2.47 bits per heavy atom. The minimum absolute atomic E-state index is 0.231. The van der Waals surface area contributed by atoms with Crippen molar-refractivity contribution in [2.24, 2.45) is 0 Å². The fraction of sp³-hybridized carbons (Fsp3) is 0.769. The van der Waals surface area contributed by atoms with Crippen LogP contribution >= 0.6 is 0 Å². The first-order valence-electron chi connectivity index (χ1n) is 7.08. The zero-order chi connectivity index (χ0) is 13.8. The van der Waals surface area contributed by atoms with E-state index < -0.39 is 0 Å². The Morgan fingerprint density at radius 2 is 1.89 bits per heavy atom. The molecular formula is C13H25N5O. The van der Waals surface area contributed by atoms with Gasteiger partial charge in [-0.1, -0.05) is 6.92 Å². The van der Waals surface area contributed by atoms with Crippen molar-refractivity contribution in [2.75, 3.05) is 50.0 Å². The van der Waals surface area contributed by atoms with Crippen molar-refractivity contribution in [3.05, 3.63) is 5.69 Å². The molecule has 0 atom stereocenters. The van der Waals surface area contributed by atoms with E-state index >= 15 is 0 Å². The lowest BCUT2D eigenvalue weighted by molar-refractivity contribution is 0.188. The second kappa shape index (κ2) is 6.25. The third kappa shape index (κ3) is 3.01. The zero-order valence-electron chi connectivity index (χ0n) is 12.0. The Labute approximate surface area is 114 Å². The molecule has 0 aliphatic carbocycles. The minimum Gasteiger partial charge on any atom is -0.395 e. The number of rotatable bonds is 5. The standard InChI is InChI=1S/C13H25N5O/c1-3-4-18-13(12(14)11(2)15-18)17-7-5-16(6-8-17)9-10-19/h19H,3-10,14H2,1-2H3. The van der Waals surface area contributed by atoms with Crippen molar-refractivity contribution >= 4 is 11.5 Å². The van der Waals surface area contributed by atoms with Crippen molar-refractivity contribution in [2.45, 2.75) is 26.8 Å². The SMILES string of the molecule is CCCn1nc(C)c(N)c1N1CCN(CCO)CC1. The summed E-state index contributed by atoms with van der Waals surface area (Å²) in [5.41, 5.74) is 7.91. The molecule has 6 nitrogen and oxygen atoms in total. The van der Waals surface area contributed by atoms with Gasteiger partial charge in [-0.2, -0.15) is 5.10 Å². The monoisotopic (exact) mass is 267 g/mol. The summed E-state index contributed by atoms with van der Waals surface area (Å²) in [6.07, 6.45) is 1.05. The fourth-order valence-electron chi connectivity index (χ4n) is 2.61. The largest absolute Gasteiger partial charge is 0.395 e. The smallest absolute Gasteiger partial charge is 0.150 e. The molecule has 0 bridgehead atoms. The van der Waals surface area contributed by atoms with Gasteiger partial charge in [-0.3, -0.25) is 4.90 Å². The third-order valence-corrected chi connectivity index (χ3v) is 3.67. The van der Waals surface area contributed by atoms with Gasteiger partial charge in [0.1, 0.15) is 0 Å². The summed E-state index contributed by atoms with van der Waals surface area (Å²) in [5.74, 6) is 1.07. The van der Waals surface area contributed by atoms with Gasteiger partial charge in [0.15, 0.2) is 5.82 Å². The molecule has 1 aliphatic heterocycles. The van der Waals surface area contributed by atoms with Gasteiger partial charge < -0.3 is 15.7 Å². The predicted molar refractivity (Wildman–Crippen MR) is 77.4 cm³/mol. The Morgan fingerprint density at radius 1 is 1.21 bits per heavy atom. The van der Waals surface area contributed by atoms with Crippen molar-refractivity contribution < 1.29 is 5.11 Å². The van der Waals surface area contributed by atoms with Gasteiger partial charge in [0.25, 0.3) is 0 Å². The Balaban J connectivity index is 2.10. The van der Waals surface area contributed by atoms with Gasteiger partial charge in [0.2, 0.25) is 0 Å². The van der Waals surface area contributed by atoms with Gasteiger partial charge in [0.05, 0.1) is 18.0 Å². The molecule has 108 valence electrons. The average Bonchev–Trinajstić information content (AvgIpc) is 2.67. The van der Waals surface area contributed by atoms with Crippen LogP contribution in [0.2, 0.25) is 0 Å². The normalized spacial score (nSPS) is 17.1. The van der Waals surface area contributed by atoms with E-state index in [-0.39, 0.29) is 6.61 Å².